The summed E-state index contributed by atoms with van der Waals surface area (Å²) in [5.74, 6) is 0.630. The highest BCUT2D eigenvalue weighted by Gasteiger charge is 2.21. The van der Waals surface area contributed by atoms with Crippen LogP contribution < -0.4 is 20.5 Å². The minimum absolute atomic E-state index is 0.000642. The number of nitrogens with two attached hydrogens (primary N) is 1. The van der Waals surface area contributed by atoms with E-state index in [1.165, 1.54) is 13.2 Å². The number of nitrogens with zero attached hydrogens (tertiary/aromatic N) is 1. The van der Waals surface area contributed by atoms with Crippen LogP contribution in [0, 0.1) is 0 Å². The van der Waals surface area contributed by atoms with Crippen molar-refractivity contribution in [1.29, 1.82) is 0 Å². The van der Waals surface area contributed by atoms with Crippen molar-refractivity contribution >= 4 is 5.96 Å². The number of halogens is 2. The van der Waals surface area contributed by atoms with Gasteiger partial charge >= 0.3 is 6.61 Å². The van der Waals surface area contributed by atoms with E-state index in [0.29, 0.717) is 18.5 Å². The van der Waals surface area contributed by atoms with Gasteiger partial charge in [0.15, 0.2) is 17.5 Å². The van der Waals surface area contributed by atoms with E-state index in [0.717, 1.165) is 18.4 Å². The van der Waals surface area contributed by atoms with Gasteiger partial charge in [-0.2, -0.15) is 8.78 Å². The number of hydrogen-bond donors (Lipinski definition) is 2. The van der Waals surface area contributed by atoms with Crippen LogP contribution >= 0.6 is 0 Å². The van der Waals surface area contributed by atoms with Crippen LogP contribution in [0.2, 0.25) is 0 Å². The van der Waals surface area contributed by atoms with Gasteiger partial charge in [-0.05, 0) is 30.5 Å². The molecule has 1 saturated carbocycles. The van der Waals surface area contributed by atoms with Crippen LogP contribution in [0.1, 0.15) is 18.4 Å². The average Bonchev–Trinajstić information content (AvgIpc) is 3.20. The molecule has 20 heavy (non-hydrogen) atoms. The zero-order valence-electron chi connectivity index (χ0n) is 11.1. The first-order valence-corrected chi connectivity index (χ1v) is 6.26. The molecule has 1 aliphatic carbocycles. The molecule has 0 aromatic heterocycles. The fraction of sp³-hybridized carbons (Fsp3) is 0.462. The molecule has 1 aliphatic rings. The summed E-state index contributed by atoms with van der Waals surface area (Å²) in [7, 11) is 1.39. The van der Waals surface area contributed by atoms with Gasteiger partial charge in [0.1, 0.15) is 0 Å². The number of guanidine groups is 1. The van der Waals surface area contributed by atoms with Crippen molar-refractivity contribution < 1.29 is 18.3 Å². The molecule has 0 bridgehead atoms. The molecule has 0 aliphatic heterocycles. The first kappa shape index (κ1) is 14.4. The van der Waals surface area contributed by atoms with Crippen molar-refractivity contribution in [3.63, 3.8) is 0 Å². The second-order valence-electron chi connectivity index (χ2n) is 4.48. The Hall–Kier alpha value is -2.05. The van der Waals surface area contributed by atoms with E-state index in [-0.39, 0.29) is 11.5 Å². The van der Waals surface area contributed by atoms with Crippen LogP contribution in [-0.4, -0.2) is 25.7 Å². The first-order chi connectivity index (χ1) is 9.58. The van der Waals surface area contributed by atoms with E-state index in [4.69, 9.17) is 10.5 Å². The summed E-state index contributed by atoms with van der Waals surface area (Å²) >= 11 is 0. The molecule has 5 nitrogen and oxygen atoms in total. The Morgan fingerprint density at radius 3 is 2.80 bits per heavy atom. The Morgan fingerprint density at radius 2 is 2.20 bits per heavy atom. The number of nitrogens with one attached hydrogen (secondary N) is 1. The van der Waals surface area contributed by atoms with E-state index in [2.05, 4.69) is 15.0 Å². The Bertz CT molecular complexity index is 491. The van der Waals surface area contributed by atoms with Crippen molar-refractivity contribution in [3.05, 3.63) is 23.8 Å². The SMILES string of the molecule is COc1cc(CN=C(N)NC2CC2)ccc1OC(F)F. The molecule has 0 radical (unpaired) electrons. The summed E-state index contributed by atoms with van der Waals surface area (Å²) in [6.07, 6.45) is 2.23. The molecular formula is C13H17F2N3O2. The largest absolute Gasteiger partial charge is 0.493 e. The maximum Gasteiger partial charge on any atom is 0.387 e. The summed E-state index contributed by atoms with van der Waals surface area (Å²) in [5, 5.41) is 3.06. The van der Waals surface area contributed by atoms with E-state index < -0.39 is 6.61 Å². The maximum absolute atomic E-state index is 12.2. The number of benzene rings is 1. The van der Waals surface area contributed by atoms with Gasteiger partial charge in [-0.3, -0.25) is 0 Å². The van der Waals surface area contributed by atoms with Crippen LogP contribution in [0.15, 0.2) is 23.2 Å². The van der Waals surface area contributed by atoms with Crippen molar-refractivity contribution in [2.45, 2.75) is 32.0 Å². The van der Waals surface area contributed by atoms with E-state index in [9.17, 15) is 8.78 Å². The number of ether oxygens (including phenoxy) is 2. The molecule has 0 unspecified atom stereocenters. The summed E-state index contributed by atoms with van der Waals surface area (Å²) in [5.41, 5.74) is 6.51. The molecule has 110 valence electrons. The lowest BCUT2D eigenvalue weighted by Crippen LogP contribution is -2.33. The highest BCUT2D eigenvalue weighted by molar-refractivity contribution is 5.78. The summed E-state index contributed by atoms with van der Waals surface area (Å²) in [6.45, 7) is -2.54. The van der Waals surface area contributed by atoms with E-state index in [1.807, 2.05) is 0 Å². The third kappa shape index (κ3) is 4.25. The zero-order chi connectivity index (χ0) is 14.5. The number of rotatable bonds is 6. The first-order valence-electron chi connectivity index (χ1n) is 6.26. The number of methoxy groups -OCH3 is 1. The molecular weight excluding hydrogens is 268 g/mol. The molecule has 0 saturated heterocycles. The fourth-order valence-electron chi connectivity index (χ4n) is 1.66. The molecule has 3 N–H and O–H groups in total. The summed E-state index contributed by atoms with van der Waals surface area (Å²) in [6, 6.07) is 5.12. The highest BCUT2D eigenvalue weighted by atomic mass is 19.3. The lowest BCUT2D eigenvalue weighted by Gasteiger charge is -2.11. The average molecular weight is 285 g/mol. The molecule has 1 aromatic carbocycles. The van der Waals surface area contributed by atoms with Gasteiger partial charge in [-0.1, -0.05) is 6.07 Å². The second kappa shape index (κ2) is 6.40. The van der Waals surface area contributed by atoms with Gasteiger partial charge < -0.3 is 20.5 Å². The van der Waals surface area contributed by atoms with Crippen molar-refractivity contribution in [2.75, 3.05) is 7.11 Å². The number of hydrogen-bond acceptors (Lipinski definition) is 3. The van der Waals surface area contributed by atoms with Crippen molar-refractivity contribution in [2.24, 2.45) is 10.7 Å². The summed E-state index contributed by atoms with van der Waals surface area (Å²) in [4.78, 5) is 4.18. The number of alkyl halides is 2. The molecule has 7 heteroatoms. The Morgan fingerprint density at radius 1 is 1.45 bits per heavy atom. The molecule has 1 fully saturated rings. The molecule has 0 amide bonds. The van der Waals surface area contributed by atoms with Gasteiger partial charge in [0.25, 0.3) is 0 Å². The maximum atomic E-state index is 12.2. The van der Waals surface area contributed by atoms with Crippen molar-refractivity contribution in [1.82, 2.24) is 5.32 Å². The van der Waals surface area contributed by atoms with Crippen molar-refractivity contribution in [3.8, 4) is 11.5 Å². The molecule has 0 heterocycles. The van der Waals surface area contributed by atoms with Crippen LogP contribution in [0.25, 0.3) is 0 Å². The van der Waals surface area contributed by atoms with Gasteiger partial charge in [-0.25, -0.2) is 4.99 Å². The Labute approximate surface area is 115 Å². The quantitative estimate of drug-likeness (QED) is 0.618. The lowest BCUT2D eigenvalue weighted by molar-refractivity contribution is -0.0512. The fourth-order valence-corrected chi connectivity index (χ4v) is 1.66. The Balaban J connectivity index is 2.00. The number of aliphatic imine (C=N–C) groups is 1. The minimum Gasteiger partial charge on any atom is -0.493 e. The normalized spacial score (nSPS) is 15.3. The predicted molar refractivity (Wildman–Crippen MR) is 71.1 cm³/mol. The minimum atomic E-state index is -2.88. The van der Waals surface area contributed by atoms with Crippen LogP contribution in [0.4, 0.5) is 8.78 Å². The monoisotopic (exact) mass is 285 g/mol. The molecule has 2 rings (SSSR count). The van der Waals surface area contributed by atoms with E-state index in [1.54, 1.807) is 12.1 Å². The summed E-state index contributed by atoms with van der Waals surface area (Å²) < 4.78 is 33.7. The van der Waals surface area contributed by atoms with Crippen LogP contribution in [0.5, 0.6) is 11.5 Å². The lowest BCUT2D eigenvalue weighted by atomic mass is 10.2. The van der Waals surface area contributed by atoms with Gasteiger partial charge in [-0.15, -0.1) is 0 Å². The Kier molecular flexibility index (Phi) is 4.60. The molecule has 0 spiro atoms. The third-order valence-corrected chi connectivity index (χ3v) is 2.81. The molecule has 0 atom stereocenters. The standard InChI is InChI=1S/C13H17F2N3O2/c1-19-11-6-8(2-5-10(11)20-12(14)15)7-17-13(16)18-9-3-4-9/h2,5-6,9,12H,3-4,7H2,1H3,(H3,16,17,18). The van der Waals surface area contributed by atoms with Crippen LogP contribution in [-0.2, 0) is 6.54 Å². The van der Waals surface area contributed by atoms with E-state index >= 15 is 0 Å². The third-order valence-electron chi connectivity index (χ3n) is 2.81. The van der Waals surface area contributed by atoms with Gasteiger partial charge in [0.2, 0.25) is 0 Å². The van der Waals surface area contributed by atoms with Crippen LogP contribution in [0.3, 0.4) is 0 Å². The van der Waals surface area contributed by atoms with Gasteiger partial charge in [0.05, 0.1) is 13.7 Å². The predicted octanol–water partition coefficient (Wildman–Crippen LogP) is 1.86. The molecule has 1 aromatic rings. The smallest absolute Gasteiger partial charge is 0.387 e. The highest BCUT2D eigenvalue weighted by Crippen LogP contribution is 2.29. The van der Waals surface area contributed by atoms with Gasteiger partial charge in [0, 0.05) is 6.04 Å². The topological polar surface area (TPSA) is 68.9 Å². The second-order valence-corrected chi connectivity index (χ2v) is 4.48. The zero-order valence-corrected chi connectivity index (χ0v) is 11.1.